The van der Waals surface area contributed by atoms with Crippen molar-refractivity contribution in [3.8, 4) is 5.75 Å². The highest BCUT2D eigenvalue weighted by Crippen LogP contribution is 2.20. The van der Waals surface area contributed by atoms with Gasteiger partial charge < -0.3 is 19.7 Å². The molecule has 0 radical (unpaired) electrons. The average molecular weight is 347 g/mol. The Balaban J connectivity index is 1.95. The molecule has 0 saturated carbocycles. The SMILES string of the molecule is CCOC(=O)C1CCCN(C(=NC)NCc2ccc(OC)c(C)c2)C1. The van der Waals surface area contributed by atoms with Crippen LogP contribution in [0.4, 0.5) is 0 Å². The minimum absolute atomic E-state index is 0.0736. The summed E-state index contributed by atoms with van der Waals surface area (Å²) in [7, 11) is 3.45. The van der Waals surface area contributed by atoms with Gasteiger partial charge >= 0.3 is 5.97 Å². The number of piperidine rings is 1. The van der Waals surface area contributed by atoms with Crippen molar-refractivity contribution in [1.29, 1.82) is 0 Å². The van der Waals surface area contributed by atoms with Crippen LogP contribution in [0.25, 0.3) is 0 Å². The molecule has 1 aliphatic heterocycles. The van der Waals surface area contributed by atoms with Crippen LogP contribution in [0.2, 0.25) is 0 Å². The maximum absolute atomic E-state index is 12.0. The van der Waals surface area contributed by atoms with Gasteiger partial charge in [-0.05, 0) is 43.9 Å². The lowest BCUT2D eigenvalue weighted by Crippen LogP contribution is -2.48. The molecular weight excluding hydrogens is 318 g/mol. The number of nitrogens with zero attached hydrogens (tertiary/aromatic N) is 2. The number of benzene rings is 1. The van der Waals surface area contributed by atoms with Gasteiger partial charge in [-0.15, -0.1) is 0 Å². The Morgan fingerprint density at radius 3 is 2.88 bits per heavy atom. The first kappa shape index (κ1) is 19.1. The third-order valence-electron chi connectivity index (χ3n) is 4.46. The Kier molecular flexibility index (Phi) is 7.10. The number of guanidine groups is 1. The van der Waals surface area contributed by atoms with E-state index in [1.165, 1.54) is 5.56 Å². The number of aliphatic imine (C=N–C) groups is 1. The second kappa shape index (κ2) is 9.30. The molecule has 1 aromatic rings. The normalized spacial score (nSPS) is 18.0. The Morgan fingerprint density at radius 1 is 1.44 bits per heavy atom. The Hall–Kier alpha value is -2.24. The van der Waals surface area contributed by atoms with Crippen LogP contribution in [0.3, 0.4) is 0 Å². The van der Waals surface area contributed by atoms with Crippen LogP contribution in [0.15, 0.2) is 23.2 Å². The largest absolute Gasteiger partial charge is 0.496 e. The smallest absolute Gasteiger partial charge is 0.310 e. The number of hydrogen-bond acceptors (Lipinski definition) is 4. The van der Waals surface area contributed by atoms with Crippen LogP contribution in [0, 0.1) is 12.8 Å². The summed E-state index contributed by atoms with van der Waals surface area (Å²) in [5, 5.41) is 3.39. The lowest BCUT2D eigenvalue weighted by Gasteiger charge is -2.34. The zero-order valence-electron chi connectivity index (χ0n) is 15.7. The molecule has 1 fully saturated rings. The zero-order chi connectivity index (χ0) is 18.2. The van der Waals surface area contributed by atoms with Crippen molar-refractivity contribution in [2.24, 2.45) is 10.9 Å². The monoisotopic (exact) mass is 347 g/mol. The van der Waals surface area contributed by atoms with E-state index < -0.39 is 0 Å². The van der Waals surface area contributed by atoms with Crippen LogP contribution in [-0.4, -0.2) is 50.7 Å². The van der Waals surface area contributed by atoms with Crippen molar-refractivity contribution in [1.82, 2.24) is 10.2 Å². The third-order valence-corrected chi connectivity index (χ3v) is 4.46. The van der Waals surface area contributed by atoms with Crippen molar-refractivity contribution >= 4 is 11.9 Å². The minimum atomic E-state index is -0.103. The molecule has 0 spiro atoms. The molecule has 138 valence electrons. The van der Waals surface area contributed by atoms with Crippen molar-refractivity contribution in [2.75, 3.05) is 33.9 Å². The standard InChI is InChI=1S/C19H29N3O3/c1-5-25-18(23)16-7-6-10-22(13-16)19(20-3)21-12-15-8-9-17(24-4)14(2)11-15/h8-9,11,16H,5-7,10,12-13H2,1-4H3,(H,20,21). The number of rotatable bonds is 5. The van der Waals surface area contributed by atoms with Gasteiger partial charge in [-0.1, -0.05) is 12.1 Å². The Labute approximate surface area is 150 Å². The first-order valence-electron chi connectivity index (χ1n) is 8.84. The summed E-state index contributed by atoms with van der Waals surface area (Å²) in [5.74, 6) is 1.54. The minimum Gasteiger partial charge on any atom is -0.496 e. The van der Waals surface area contributed by atoms with Gasteiger partial charge in [0.25, 0.3) is 0 Å². The van der Waals surface area contributed by atoms with Crippen LogP contribution < -0.4 is 10.1 Å². The second-order valence-corrected chi connectivity index (χ2v) is 6.24. The molecular formula is C19H29N3O3. The van der Waals surface area contributed by atoms with E-state index in [2.05, 4.69) is 21.3 Å². The highest BCUT2D eigenvalue weighted by Gasteiger charge is 2.28. The van der Waals surface area contributed by atoms with Crippen molar-refractivity contribution in [3.05, 3.63) is 29.3 Å². The molecule has 1 heterocycles. The lowest BCUT2D eigenvalue weighted by atomic mass is 9.98. The molecule has 6 heteroatoms. The highest BCUT2D eigenvalue weighted by molar-refractivity contribution is 5.81. The molecule has 1 unspecified atom stereocenters. The number of ether oxygens (including phenoxy) is 2. The Bertz CT molecular complexity index is 616. The van der Waals surface area contributed by atoms with Gasteiger partial charge in [0.1, 0.15) is 5.75 Å². The predicted octanol–water partition coefficient (Wildman–Crippen LogP) is 2.35. The molecule has 6 nitrogen and oxygen atoms in total. The van der Waals surface area contributed by atoms with Crippen LogP contribution in [0.5, 0.6) is 5.75 Å². The summed E-state index contributed by atoms with van der Waals surface area (Å²) >= 11 is 0. The first-order valence-corrected chi connectivity index (χ1v) is 8.84. The summed E-state index contributed by atoms with van der Waals surface area (Å²) in [6.07, 6.45) is 1.84. The zero-order valence-corrected chi connectivity index (χ0v) is 15.7. The first-order chi connectivity index (χ1) is 12.1. The van der Waals surface area contributed by atoms with Crippen molar-refractivity contribution in [2.45, 2.75) is 33.2 Å². The second-order valence-electron chi connectivity index (χ2n) is 6.24. The number of carbonyl (C=O) groups excluding carboxylic acids is 1. The molecule has 0 aromatic heterocycles. The van der Waals surface area contributed by atoms with Crippen LogP contribution in [-0.2, 0) is 16.1 Å². The van der Waals surface area contributed by atoms with Crippen molar-refractivity contribution in [3.63, 3.8) is 0 Å². The number of aryl methyl sites for hydroxylation is 1. The number of likely N-dealkylation sites (tertiary alicyclic amines) is 1. The van der Waals surface area contributed by atoms with Gasteiger partial charge in [-0.2, -0.15) is 0 Å². The van der Waals surface area contributed by atoms with Crippen LogP contribution >= 0.6 is 0 Å². The maximum atomic E-state index is 12.0. The predicted molar refractivity (Wildman–Crippen MR) is 98.9 cm³/mol. The average Bonchev–Trinajstić information content (AvgIpc) is 2.63. The number of methoxy groups -OCH3 is 1. The summed E-state index contributed by atoms with van der Waals surface area (Å²) in [6.45, 7) is 6.54. The van der Waals surface area contributed by atoms with E-state index in [0.29, 0.717) is 19.7 Å². The van der Waals surface area contributed by atoms with Crippen molar-refractivity contribution < 1.29 is 14.3 Å². The molecule has 1 aromatic carbocycles. The molecule has 1 atom stereocenters. The summed E-state index contributed by atoms with van der Waals surface area (Å²) in [5.41, 5.74) is 2.27. The summed E-state index contributed by atoms with van der Waals surface area (Å²) in [6, 6.07) is 6.13. The summed E-state index contributed by atoms with van der Waals surface area (Å²) < 4.78 is 10.5. The topological polar surface area (TPSA) is 63.2 Å². The molecule has 0 aliphatic carbocycles. The molecule has 1 saturated heterocycles. The van der Waals surface area contributed by atoms with Gasteiger partial charge in [0.2, 0.25) is 0 Å². The molecule has 0 amide bonds. The van der Waals surface area contributed by atoms with E-state index in [1.54, 1.807) is 14.2 Å². The van der Waals surface area contributed by atoms with Gasteiger partial charge in [-0.25, -0.2) is 0 Å². The third kappa shape index (κ3) is 5.11. The molecule has 1 N–H and O–H groups in total. The van der Waals surface area contributed by atoms with Gasteiger partial charge in [-0.3, -0.25) is 9.79 Å². The molecule has 0 bridgehead atoms. The number of nitrogens with one attached hydrogen (secondary N) is 1. The van der Waals surface area contributed by atoms with E-state index in [0.717, 1.165) is 36.7 Å². The molecule has 25 heavy (non-hydrogen) atoms. The van der Waals surface area contributed by atoms with E-state index in [4.69, 9.17) is 9.47 Å². The Morgan fingerprint density at radius 2 is 2.24 bits per heavy atom. The highest BCUT2D eigenvalue weighted by atomic mass is 16.5. The number of hydrogen-bond donors (Lipinski definition) is 1. The van der Waals surface area contributed by atoms with Gasteiger partial charge in [0, 0.05) is 26.7 Å². The molecule has 2 rings (SSSR count). The van der Waals surface area contributed by atoms with Crippen LogP contribution in [0.1, 0.15) is 30.9 Å². The fraction of sp³-hybridized carbons (Fsp3) is 0.579. The fourth-order valence-corrected chi connectivity index (χ4v) is 3.19. The van der Waals surface area contributed by atoms with Gasteiger partial charge in [0.15, 0.2) is 5.96 Å². The van der Waals surface area contributed by atoms with E-state index in [9.17, 15) is 4.79 Å². The number of carbonyl (C=O) groups is 1. The number of esters is 1. The van der Waals surface area contributed by atoms with Gasteiger partial charge in [0.05, 0.1) is 19.6 Å². The molecule has 1 aliphatic rings. The fourth-order valence-electron chi connectivity index (χ4n) is 3.19. The lowest BCUT2D eigenvalue weighted by molar-refractivity contribution is -0.149. The van der Waals surface area contributed by atoms with E-state index >= 15 is 0 Å². The quantitative estimate of drug-likeness (QED) is 0.503. The van der Waals surface area contributed by atoms with E-state index in [-0.39, 0.29) is 11.9 Å². The summed E-state index contributed by atoms with van der Waals surface area (Å²) in [4.78, 5) is 18.5. The maximum Gasteiger partial charge on any atom is 0.310 e. The van der Waals surface area contributed by atoms with E-state index in [1.807, 2.05) is 26.0 Å².